The fourth-order valence-corrected chi connectivity index (χ4v) is 5.78. The van der Waals surface area contributed by atoms with Gasteiger partial charge in [-0.1, -0.05) is 18.2 Å². The lowest BCUT2D eigenvalue weighted by molar-refractivity contribution is -0.107. The second kappa shape index (κ2) is 11.8. The van der Waals surface area contributed by atoms with E-state index in [1.165, 1.54) is 11.3 Å². The highest BCUT2D eigenvalue weighted by molar-refractivity contribution is 7.20. The Morgan fingerprint density at radius 3 is 2.72 bits per heavy atom. The molecule has 1 aliphatic rings. The van der Waals surface area contributed by atoms with Crippen LogP contribution in [0.2, 0.25) is 0 Å². The van der Waals surface area contributed by atoms with Crippen LogP contribution in [0.15, 0.2) is 34.1 Å². The molecule has 0 spiro atoms. The number of fused-ring (bicyclic) bond motifs is 1. The van der Waals surface area contributed by atoms with Crippen molar-refractivity contribution < 1.29 is 23.7 Å². The molecule has 1 aliphatic heterocycles. The summed E-state index contributed by atoms with van der Waals surface area (Å²) in [6.45, 7) is 3.49. The van der Waals surface area contributed by atoms with E-state index in [-0.39, 0.29) is 23.6 Å². The van der Waals surface area contributed by atoms with Crippen molar-refractivity contribution in [3.63, 3.8) is 0 Å². The maximum absolute atomic E-state index is 13.3. The normalized spacial score (nSPS) is 15.7. The van der Waals surface area contributed by atoms with Crippen LogP contribution in [-0.2, 0) is 32.0 Å². The lowest BCUT2D eigenvalue weighted by Crippen LogP contribution is -2.28. The predicted molar refractivity (Wildman–Crippen MR) is 139 cm³/mol. The number of methoxy groups -OCH3 is 2. The SMILES string of the molecule is C/N=C(\OC)c1sc2c(c1C)c(=O)c(CC=O)nn2CC(OC1CCOCC1)c1ccccc1OC. The molecule has 10 heteroatoms. The summed E-state index contributed by atoms with van der Waals surface area (Å²) >= 11 is 1.39. The number of aryl methyl sites for hydroxylation is 1. The van der Waals surface area contributed by atoms with Crippen LogP contribution in [0.3, 0.4) is 0 Å². The molecule has 3 heterocycles. The average molecular weight is 514 g/mol. The Bertz CT molecular complexity index is 1310. The van der Waals surface area contributed by atoms with Gasteiger partial charge in [-0.2, -0.15) is 5.10 Å². The number of aromatic nitrogens is 2. The number of rotatable bonds is 9. The molecule has 1 aromatic carbocycles. The molecule has 9 nitrogen and oxygen atoms in total. The van der Waals surface area contributed by atoms with Crippen LogP contribution < -0.4 is 10.2 Å². The topological polar surface area (TPSA) is 101 Å². The van der Waals surface area contributed by atoms with E-state index in [1.54, 1.807) is 25.9 Å². The Hall–Kier alpha value is -3.08. The van der Waals surface area contributed by atoms with Gasteiger partial charge in [0.15, 0.2) is 0 Å². The Labute approximate surface area is 213 Å². The van der Waals surface area contributed by atoms with Gasteiger partial charge in [0.1, 0.15) is 28.7 Å². The zero-order chi connectivity index (χ0) is 25.7. The van der Waals surface area contributed by atoms with Crippen molar-refractivity contribution in [2.24, 2.45) is 4.99 Å². The van der Waals surface area contributed by atoms with Crippen molar-refractivity contribution in [1.82, 2.24) is 9.78 Å². The molecule has 36 heavy (non-hydrogen) atoms. The molecule has 1 fully saturated rings. The average Bonchev–Trinajstić information content (AvgIpc) is 3.25. The van der Waals surface area contributed by atoms with Crippen LogP contribution in [0.5, 0.6) is 5.75 Å². The van der Waals surface area contributed by atoms with Crippen LogP contribution in [-0.4, -0.2) is 62.5 Å². The first-order chi connectivity index (χ1) is 17.5. The molecule has 1 atom stereocenters. The van der Waals surface area contributed by atoms with Gasteiger partial charge in [-0.25, -0.2) is 0 Å². The Kier molecular flexibility index (Phi) is 8.50. The van der Waals surface area contributed by atoms with Gasteiger partial charge in [0.25, 0.3) is 0 Å². The quantitative estimate of drug-likeness (QED) is 0.245. The van der Waals surface area contributed by atoms with Gasteiger partial charge in [0, 0.05) is 25.8 Å². The number of thiophene rings is 1. The minimum atomic E-state index is -0.404. The molecular weight excluding hydrogens is 482 g/mol. The molecule has 0 saturated carbocycles. The second-order valence-electron chi connectivity index (χ2n) is 8.48. The molecule has 4 rings (SSSR count). The van der Waals surface area contributed by atoms with Crippen molar-refractivity contribution in [1.29, 1.82) is 0 Å². The maximum Gasteiger partial charge on any atom is 0.226 e. The monoisotopic (exact) mass is 513 g/mol. The molecule has 1 unspecified atom stereocenters. The first-order valence-corrected chi connectivity index (χ1v) is 12.7. The van der Waals surface area contributed by atoms with E-state index >= 15 is 0 Å². The summed E-state index contributed by atoms with van der Waals surface area (Å²) < 4.78 is 25.0. The minimum absolute atomic E-state index is 0.0194. The highest BCUT2D eigenvalue weighted by atomic mass is 32.1. The molecule has 0 N–H and O–H groups in total. The van der Waals surface area contributed by atoms with Crippen molar-refractivity contribution in [3.05, 3.63) is 56.2 Å². The summed E-state index contributed by atoms with van der Waals surface area (Å²) in [5.74, 6) is 1.15. The molecule has 0 radical (unpaired) electrons. The summed E-state index contributed by atoms with van der Waals surface area (Å²) in [7, 11) is 4.83. The highest BCUT2D eigenvalue weighted by Gasteiger charge is 2.27. The lowest BCUT2D eigenvalue weighted by atomic mass is 10.1. The number of aldehydes is 1. The fraction of sp³-hybridized carbons (Fsp3) is 0.462. The van der Waals surface area contributed by atoms with Crippen LogP contribution in [0.4, 0.5) is 0 Å². The van der Waals surface area contributed by atoms with Crippen molar-refractivity contribution in [3.8, 4) is 5.75 Å². The minimum Gasteiger partial charge on any atom is -0.496 e. The number of hydrogen-bond acceptors (Lipinski definition) is 9. The second-order valence-corrected chi connectivity index (χ2v) is 9.48. The van der Waals surface area contributed by atoms with E-state index < -0.39 is 6.10 Å². The van der Waals surface area contributed by atoms with E-state index in [9.17, 15) is 9.59 Å². The van der Waals surface area contributed by atoms with E-state index in [2.05, 4.69) is 10.1 Å². The lowest BCUT2D eigenvalue weighted by Gasteiger charge is -2.29. The van der Waals surface area contributed by atoms with Crippen molar-refractivity contribution in [2.75, 3.05) is 34.5 Å². The van der Waals surface area contributed by atoms with Gasteiger partial charge in [-0.05, 0) is 31.4 Å². The van der Waals surface area contributed by atoms with E-state index in [0.717, 1.165) is 28.8 Å². The van der Waals surface area contributed by atoms with Crippen LogP contribution in [0, 0.1) is 6.92 Å². The number of para-hydroxylation sites is 1. The third-order valence-corrected chi connectivity index (χ3v) is 7.60. The number of hydrogen-bond donors (Lipinski definition) is 0. The highest BCUT2D eigenvalue weighted by Crippen LogP contribution is 2.34. The molecule has 0 amide bonds. The Morgan fingerprint density at radius 1 is 1.31 bits per heavy atom. The van der Waals surface area contributed by atoms with Crippen LogP contribution >= 0.6 is 11.3 Å². The number of benzene rings is 1. The van der Waals surface area contributed by atoms with E-state index in [4.69, 9.17) is 18.9 Å². The zero-order valence-corrected chi connectivity index (χ0v) is 21.8. The summed E-state index contributed by atoms with van der Waals surface area (Å²) in [4.78, 5) is 30.3. The zero-order valence-electron chi connectivity index (χ0n) is 21.0. The molecule has 0 bridgehead atoms. The molecule has 2 aromatic heterocycles. The van der Waals surface area contributed by atoms with Crippen molar-refractivity contribution in [2.45, 2.75) is 44.9 Å². The molecule has 3 aromatic rings. The number of nitrogens with zero attached hydrogens (tertiary/aromatic N) is 3. The fourth-order valence-electron chi connectivity index (χ4n) is 4.50. The molecule has 0 aliphatic carbocycles. The summed E-state index contributed by atoms with van der Waals surface area (Å²) in [5, 5.41) is 5.15. The first-order valence-electron chi connectivity index (χ1n) is 11.9. The van der Waals surface area contributed by atoms with Crippen LogP contribution in [0.25, 0.3) is 10.2 Å². The predicted octanol–water partition coefficient (Wildman–Crippen LogP) is 3.48. The summed E-state index contributed by atoms with van der Waals surface area (Å²) in [5.41, 5.74) is 1.59. The molecular formula is C26H31N3O6S. The Balaban J connectivity index is 1.86. The first kappa shape index (κ1) is 26.0. The van der Waals surface area contributed by atoms with Gasteiger partial charge in [-0.15, -0.1) is 11.3 Å². The Morgan fingerprint density at radius 2 is 2.06 bits per heavy atom. The third kappa shape index (κ3) is 5.21. The summed E-state index contributed by atoms with van der Waals surface area (Å²) in [6, 6.07) is 7.74. The van der Waals surface area contributed by atoms with Gasteiger partial charge in [-0.3, -0.25) is 14.5 Å². The number of carbonyl (C=O) groups excluding carboxylic acids is 1. The van der Waals surface area contributed by atoms with Gasteiger partial charge < -0.3 is 23.7 Å². The largest absolute Gasteiger partial charge is 0.496 e. The maximum atomic E-state index is 13.3. The van der Waals surface area contributed by atoms with Gasteiger partial charge >= 0.3 is 0 Å². The van der Waals surface area contributed by atoms with Crippen LogP contribution in [0.1, 0.15) is 40.6 Å². The van der Waals surface area contributed by atoms with Gasteiger partial charge in [0.2, 0.25) is 11.3 Å². The number of carbonyl (C=O) groups is 1. The smallest absolute Gasteiger partial charge is 0.226 e. The standard InChI is InChI=1S/C26H31N3O6S/c1-16-22-23(31)19(9-12-30)28-29(26(22)36-24(16)25(27-2)33-4)15-21(35-17-10-13-34-14-11-17)18-7-5-6-8-20(18)32-3/h5-8,12,17,21H,9-11,13-15H2,1-4H3/b27-25-. The van der Waals surface area contributed by atoms with Crippen molar-refractivity contribution >= 4 is 33.7 Å². The molecule has 192 valence electrons. The third-order valence-electron chi connectivity index (χ3n) is 6.31. The summed E-state index contributed by atoms with van der Waals surface area (Å²) in [6.07, 6.45) is 1.83. The molecule has 1 saturated heterocycles. The number of ether oxygens (including phenoxy) is 4. The number of aliphatic imine (C=N–C) groups is 1. The van der Waals surface area contributed by atoms with E-state index in [1.807, 2.05) is 31.2 Å². The van der Waals surface area contributed by atoms with E-state index in [0.29, 0.717) is 47.9 Å². The van der Waals surface area contributed by atoms with Gasteiger partial charge in [0.05, 0.1) is 43.6 Å².